The summed E-state index contributed by atoms with van der Waals surface area (Å²) in [5, 5.41) is 8.73. The minimum Gasteiger partial charge on any atom is -0.303 e. The molecule has 2 aromatic heterocycles. The van der Waals surface area contributed by atoms with Gasteiger partial charge in [0.15, 0.2) is 0 Å². The maximum atomic E-state index is 8.73. The number of nitriles is 1. The lowest BCUT2D eigenvalue weighted by atomic mass is 10.1. The third kappa shape index (κ3) is 2.64. The van der Waals surface area contributed by atoms with Crippen molar-refractivity contribution in [3.05, 3.63) is 71.5 Å². The average molecular weight is 287 g/mol. The first-order valence-corrected chi connectivity index (χ1v) is 7.27. The average Bonchev–Trinajstić information content (AvgIpc) is 2.87. The summed E-state index contributed by atoms with van der Waals surface area (Å²) in [5.41, 5.74) is 5.37. The fourth-order valence-corrected chi connectivity index (χ4v) is 2.62. The first-order chi connectivity index (χ1) is 10.7. The number of pyridine rings is 1. The van der Waals surface area contributed by atoms with Gasteiger partial charge < -0.3 is 4.57 Å². The molecule has 0 saturated carbocycles. The maximum Gasteiger partial charge on any atom is 0.137 e. The number of nitrogens with zero attached hydrogens (tertiary/aromatic N) is 3. The van der Waals surface area contributed by atoms with Crippen LogP contribution in [0, 0.1) is 25.2 Å². The third-order valence-electron chi connectivity index (χ3n) is 3.77. The summed E-state index contributed by atoms with van der Waals surface area (Å²) >= 11 is 0. The molecule has 0 radical (unpaired) electrons. The molecule has 0 fully saturated rings. The number of aromatic nitrogens is 2. The minimum atomic E-state index is 0.440. The molecule has 0 spiro atoms. The number of rotatable bonds is 3. The highest BCUT2D eigenvalue weighted by Gasteiger charge is 2.07. The Morgan fingerprint density at radius 2 is 1.64 bits per heavy atom. The largest absolute Gasteiger partial charge is 0.303 e. The molecule has 0 aliphatic heterocycles. The van der Waals surface area contributed by atoms with E-state index in [1.807, 2.05) is 42.5 Å². The second-order valence-electron chi connectivity index (χ2n) is 5.36. The van der Waals surface area contributed by atoms with Gasteiger partial charge in [0.25, 0.3) is 0 Å². The maximum absolute atomic E-state index is 8.73. The Morgan fingerprint density at radius 1 is 0.955 bits per heavy atom. The van der Waals surface area contributed by atoms with Gasteiger partial charge in [0.05, 0.1) is 18.2 Å². The molecule has 1 aromatic carbocycles. The summed E-state index contributed by atoms with van der Waals surface area (Å²) < 4.78 is 2.15. The molecule has 108 valence electrons. The van der Waals surface area contributed by atoms with Gasteiger partial charge in [0.2, 0.25) is 0 Å². The van der Waals surface area contributed by atoms with Crippen LogP contribution in [0.2, 0.25) is 0 Å². The van der Waals surface area contributed by atoms with Crippen molar-refractivity contribution in [2.75, 3.05) is 0 Å². The predicted octanol–water partition coefficient (Wildman–Crippen LogP) is 4.22. The second kappa shape index (κ2) is 5.87. The van der Waals surface area contributed by atoms with Gasteiger partial charge in [0.1, 0.15) is 5.82 Å². The van der Waals surface area contributed by atoms with Crippen molar-refractivity contribution in [1.29, 1.82) is 5.26 Å². The molecule has 3 aromatic rings. The standard InChI is InChI=1S/C19H17N3/c1-14-6-7-15(2)22(14)19-5-3-4-18(21-19)17-10-8-16(9-11-17)12-13-20/h3-11H,12H2,1-2H3. The van der Waals surface area contributed by atoms with Crippen molar-refractivity contribution < 1.29 is 0 Å². The van der Waals surface area contributed by atoms with Crippen LogP contribution in [0.1, 0.15) is 17.0 Å². The zero-order chi connectivity index (χ0) is 15.5. The van der Waals surface area contributed by atoms with E-state index >= 15 is 0 Å². The molecule has 3 heteroatoms. The van der Waals surface area contributed by atoms with Gasteiger partial charge in [-0.1, -0.05) is 30.3 Å². The molecule has 0 aliphatic rings. The van der Waals surface area contributed by atoms with Crippen molar-refractivity contribution >= 4 is 0 Å². The molecule has 3 nitrogen and oxygen atoms in total. The fourth-order valence-electron chi connectivity index (χ4n) is 2.62. The third-order valence-corrected chi connectivity index (χ3v) is 3.77. The highest BCUT2D eigenvalue weighted by molar-refractivity contribution is 5.60. The monoisotopic (exact) mass is 287 g/mol. The Bertz CT molecular complexity index is 816. The Kier molecular flexibility index (Phi) is 3.76. The summed E-state index contributed by atoms with van der Waals surface area (Å²) in [6.07, 6.45) is 0.440. The van der Waals surface area contributed by atoms with Crippen LogP contribution in [-0.4, -0.2) is 9.55 Å². The lowest BCUT2D eigenvalue weighted by molar-refractivity contribution is 0.924. The van der Waals surface area contributed by atoms with Gasteiger partial charge in [-0.2, -0.15) is 5.26 Å². The quantitative estimate of drug-likeness (QED) is 0.723. The molecular formula is C19H17N3. The van der Waals surface area contributed by atoms with E-state index in [0.717, 1.165) is 22.6 Å². The normalized spacial score (nSPS) is 10.4. The SMILES string of the molecule is Cc1ccc(C)n1-c1cccc(-c2ccc(CC#N)cc2)n1. The van der Waals surface area contributed by atoms with E-state index in [-0.39, 0.29) is 0 Å². The summed E-state index contributed by atoms with van der Waals surface area (Å²) in [6, 6.07) is 20.4. The molecule has 0 amide bonds. The lowest BCUT2D eigenvalue weighted by Crippen LogP contribution is -2.02. The zero-order valence-electron chi connectivity index (χ0n) is 12.7. The van der Waals surface area contributed by atoms with Crippen LogP contribution in [0.3, 0.4) is 0 Å². The molecule has 0 aliphatic carbocycles. The van der Waals surface area contributed by atoms with Crippen LogP contribution in [0.15, 0.2) is 54.6 Å². The number of aryl methyl sites for hydroxylation is 2. The molecule has 0 atom stereocenters. The minimum absolute atomic E-state index is 0.440. The van der Waals surface area contributed by atoms with Crippen LogP contribution in [-0.2, 0) is 6.42 Å². The molecule has 3 rings (SSSR count). The van der Waals surface area contributed by atoms with Gasteiger partial charge in [-0.3, -0.25) is 0 Å². The Morgan fingerprint density at radius 3 is 2.27 bits per heavy atom. The van der Waals surface area contributed by atoms with Gasteiger partial charge in [-0.05, 0) is 43.7 Å². The lowest BCUT2D eigenvalue weighted by Gasteiger charge is -2.10. The Labute approximate surface area is 130 Å². The van der Waals surface area contributed by atoms with Gasteiger partial charge in [-0.15, -0.1) is 0 Å². The van der Waals surface area contributed by atoms with E-state index in [2.05, 4.69) is 36.6 Å². The highest BCUT2D eigenvalue weighted by Crippen LogP contribution is 2.21. The second-order valence-corrected chi connectivity index (χ2v) is 5.36. The van der Waals surface area contributed by atoms with Gasteiger partial charge in [-0.25, -0.2) is 4.98 Å². The molecule has 0 saturated heterocycles. The highest BCUT2D eigenvalue weighted by atomic mass is 15.1. The van der Waals surface area contributed by atoms with Crippen molar-refractivity contribution in [2.45, 2.75) is 20.3 Å². The topological polar surface area (TPSA) is 41.6 Å². The van der Waals surface area contributed by atoms with Gasteiger partial charge >= 0.3 is 0 Å². The summed E-state index contributed by atoms with van der Waals surface area (Å²) in [6.45, 7) is 4.16. The fraction of sp³-hybridized carbons (Fsp3) is 0.158. The molecular weight excluding hydrogens is 270 g/mol. The van der Waals surface area contributed by atoms with Crippen molar-refractivity contribution in [3.8, 4) is 23.1 Å². The molecule has 22 heavy (non-hydrogen) atoms. The van der Waals surface area contributed by atoms with E-state index in [4.69, 9.17) is 10.2 Å². The smallest absolute Gasteiger partial charge is 0.137 e. The van der Waals surface area contributed by atoms with Crippen LogP contribution in [0.25, 0.3) is 17.1 Å². The van der Waals surface area contributed by atoms with Gasteiger partial charge in [0, 0.05) is 17.0 Å². The van der Waals surface area contributed by atoms with Crippen LogP contribution in [0.4, 0.5) is 0 Å². The summed E-state index contributed by atoms with van der Waals surface area (Å²) in [4.78, 5) is 4.78. The summed E-state index contributed by atoms with van der Waals surface area (Å²) in [7, 11) is 0. The number of benzene rings is 1. The van der Waals surface area contributed by atoms with E-state index in [1.165, 1.54) is 11.4 Å². The molecule has 0 unspecified atom stereocenters. The van der Waals surface area contributed by atoms with Crippen molar-refractivity contribution in [1.82, 2.24) is 9.55 Å². The number of hydrogen-bond donors (Lipinski definition) is 0. The molecule has 2 heterocycles. The van der Waals surface area contributed by atoms with Crippen LogP contribution < -0.4 is 0 Å². The predicted molar refractivity (Wildman–Crippen MR) is 87.8 cm³/mol. The summed E-state index contributed by atoms with van der Waals surface area (Å²) in [5.74, 6) is 0.929. The Hall–Kier alpha value is -2.86. The van der Waals surface area contributed by atoms with Crippen molar-refractivity contribution in [2.24, 2.45) is 0 Å². The molecule has 0 bridgehead atoms. The van der Waals surface area contributed by atoms with E-state index in [9.17, 15) is 0 Å². The van der Waals surface area contributed by atoms with E-state index in [1.54, 1.807) is 0 Å². The zero-order valence-corrected chi connectivity index (χ0v) is 12.7. The van der Waals surface area contributed by atoms with E-state index in [0.29, 0.717) is 6.42 Å². The first-order valence-electron chi connectivity index (χ1n) is 7.27. The van der Waals surface area contributed by atoms with Crippen molar-refractivity contribution in [3.63, 3.8) is 0 Å². The first kappa shape index (κ1) is 14.1. The van der Waals surface area contributed by atoms with Crippen LogP contribution >= 0.6 is 0 Å². The van der Waals surface area contributed by atoms with Crippen LogP contribution in [0.5, 0.6) is 0 Å². The Balaban J connectivity index is 2.00. The number of hydrogen-bond acceptors (Lipinski definition) is 2. The van der Waals surface area contributed by atoms with E-state index < -0.39 is 0 Å². The molecule has 0 N–H and O–H groups in total.